The number of hydrogen-bond donors (Lipinski definition) is 0. The summed E-state index contributed by atoms with van der Waals surface area (Å²) in [6.45, 7) is 3.89. The quantitative estimate of drug-likeness (QED) is 0.689. The van der Waals surface area contributed by atoms with E-state index in [1.165, 1.54) is 18.6 Å². The first-order chi connectivity index (χ1) is 13.1. The van der Waals surface area contributed by atoms with E-state index >= 15 is 0 Å². The minimum atomic E-state index is -0.156. The van der Waals surface area contributed by atoms with Gasteiger partial charge in [0, 0.05) is 51.1 Å². The van der Waals surface area contributed by atoms with Crippen LogP contribution in [0, 0.1) is 6.92 Å². The molecule has 0 unspecified atom stereocenters. The minimum absolute atomic E-state index is 0.0636. The maximum atomic E-state index is 12.9. The molecule has 0 radical (unpaired) electrons. The van der Waals surface area contributed by atoms with Gasteiger partial charge in [-0.05, 0) is 24.6 Å². The summed E-state index contributed by atoms with van der Waals surface area (Å²) >= 11 is 0. The number of benzene rings is 1. The third-order valence-corrected chi connectivity index (χ3v) is 4.59. The van der Waals surface area contributed by atoms with E-state index in [0.717, 1.165) is 0 Å². The fourth-order valence-electron chi connectivity index (χ4n) is 3.25. The van der Waals surface area contributed by atoms with Crippen LogP contribution in [0.4, 0.5) is 0 Å². The molecule has 1 saturated heterocycles. The predicted octanol–water partition coefficient (Wildman–Crippen LogP) is 1.91. The van der Waals surface area contributed by atoms with E-state index in [1.807, 2.05) is 0 Å². The predicted molar refractivity (Wildman–Crippen MR) is 97.2 cm³/mol. The Morgan fingerprint density at radius 2 is 1.81 bits per heavy atom. The van der Waals surface area contributed by atoms with Crippen molar-refractivity contribution in [1.82, 2.24) is 24.8 Å². The van der Waals surface area contributed by atoms with Crippen LogP contribution in [0.25, 0.3) is 11.1 Å². The molecule has 3 heterocycles. The monoisotopic (exact) mass is 365 g/mol. The molecule has 8 heteroatoms. The number of carbonyl (C=O) groups is 2. The number of nitrogens with zero attached hydrogens (tertiary/aromatic N) is 5. The molecule has 8 nitrogen and oxygen atoms in total. The maximum Gasteiger partial charge on any atom is 0.274 e. The van der Waals surface area contributed by atoms with Crippen molar-refractivity contribution in [2.75, 3.05) is 26.2 Å². The van der Waals surface area contributed by atoms with Crippen LogP contribution >= 0.6 is 0 Å². The molecule has 2 amide bonds. The molecule has 0 saturated carbocycles. The smallest absolute Gasteiger partial charge is 0.274 e. The Labute approximate surface area is 155 Å². The molecule has 4 rings (SSSR count). The van der Waals surface area contributed by atoms with Crippen LogP contribution < -0.4 is 0 Å². The van der Waals surface area contributed by atoms with Gasteiger partial charge in [-0.3, -0.25) is 14.6 Å². The number of oxazole rings is 1. The van der Waals surface area contributed by atoms with E-state index in [4.69, 9.17) is 4.42 Å². The van der Waals surface area contributed by atoms with Crippen LogP contribution in [0.15, 0.2) is 41.2 Å². The first-order valence-electron chi connectivity index (χ1n) is 8.83. The van der Waals surface area contributed by atoms with Gasteiger partial charge >= 0.3 is 0 Å². The van der Waals surface area contributed by atoms with Crippen molar-refractivity contribution in [2.45, 2.75) is 13.3 Å². The average Bonchev–Trinajstić information content (AvgIpc) is 2.90. The molecular formula is C19H19N5O3. The van der Waals surface area contributed by atoms with Crippen molar-refractivity contribution in [3.63, 3.8) is 0 Å². The molecule has 0 spiro atoms. The van der Waals surface area contributed by atoms with E-state index < -0.39 is 0 Å². The molecule has 138 valence electrons. The number of hydrogen-bond acceptors (Lipinski definition) is 6. The number of amides is 2. The lowest BCUT2D eigenvalue weighted by atomic mass is 10.1. The van der Waals surface area contributed by atoms with Crippen molar-refractivity contribution < 1.29 is 14.0 Å². The van der Waals surface area contributed by atoms with Gasteiger partial charge in [0.1, 0.15) is 11.2 Å². The second kappa shape index (κ2) is 7.14. The van der Waals surface area contributed by atoms with Gasteiger partial charge < -0.3 is 14.2 Å². The Hall–Kier alpha value is -3.29. The highest BCUT2D eigenvalue weighted by molar-refractivity contribution is 5.97. The van der Waals surface area contributed by atoms with Crippen LogP contribution in [0.5, 0.6) is 0 Å². The third-order valence-electron chi connectivity index (χ3n) is 4.59. The number of aryl methyl sites for hydroxylation is 1. The summed E-state index contributed by atoms with van der Waals surface area (Å²) in [5, 5.41) is 0. The number of carbonyl (C=O) groups excluding carboxylic acids is 2. The molecule has 0 aliphatic carbocycles. The van der Waals surface area contributed by atoms with Crippen molar-refractivity contribution in [3.05, 3.63) is 53.9 Å². The molecule has 1 aliphatic heterocycles. The van der Waals surface area contributed by atoms with Gasteiger partial charge in [0.2, 0.25) is 0 Å². The van der Waals surface area contributed by atoms with Gasteiger partial charge in [-0.2, -0.15) is 0 Å². The zero-order valence-electron chi connectivity index (χ0n) is 15.0. The normalized spacial score (nSPS) is 15.0. The molecular weight excluding hydrogens is 346 g/mol. The fourth-order valence-corrected chi connectivity index (χ4v) is 3.25. The number of aromatic nitrogens is 3. The van der Waals surface area contributed by atoms with Crippen molar-refractivity contribution in [3.8, 4) is 0 Å². The summed E-state index contributed by atoms with van der Waals surface area (Å²) in [4.78, 5) is 41.2. The summed E-state index contributed by atoms with van der Waals surface area (Å²) in [6.07, 6.45) is 5.21. The van der Waals surface area contributed by atoms with E-state index in [1.54, 1.807) is 34.9 Å². The first kappa shape index (κ1) is 17.1. The van der Waals surface area contributed by atoms with Crippen molar-refractivity contribution in [1.29, 1.82) is 0 Å². The van der Waals surface area contributed by atoms with Gasteiger partial charge in [-0.25, -0.2) is 9.97 Å². The maximum absolute atomic E-state index is 12.9. The number of fused-ring (bicyclic) bond motifs is 1. The van der Waals surface area contributed by atoms with E-state index in [-0.39, 0.29) is 11.8 Å². The van der Waals surface area contributed by atoms with Gasteiger partial charge in [0.15, 0.2) is 11.5 Å². The Kier molecular flexibility index (Phi) is 4.53. The largest absolute Gasteiger partial charge is 0.441 e. The second-order valence-electron chi connectivity index (χ2n) is 6.44. The van der Waals surface area contributed by atoms with Crippen molar-refractivity contribution in [2.24, 2.45) is 0 Å². The standard InChI is InChI=1S/C19H19N5O3/c1-13-22-15-11-14(3-4-17(15)27-13)18(25)23-7-2-8-24(10-9-23)19(26)16-12-20-5-6-21-16/h3-6,11-12H,2,7-10H2,1H3. The fraction of sp³-hybridized carbons (Fsp3) is 0.316. The Morgan fingerprint density at radius 3 is 2.56 bits per heavy atom. The van der Waals surface area contributed by atoms with Crippen LogP contribution in [-0.2, 0) is 0 Å². The molecule has 27 heavy (non-hydrogen) atoms. The summed E-state index contributed by atoms with van der Waals surface area (Å²) in [6, 6.07) is 5.27. The Bertz CT molecular complexity index is 985. The topological polar surface area (TPSA) is 92.4 Å². The molecule has 0 atom stereocenters. The lowest BCUT2D eigenvalue weighted by Gasteiger charge is -2.22. The molecule has 0 bridgehead atoms. The van der Waals surface area contributed by atoms with E-state index in [0.29, 0.717) is 60.8 Å². The third kappa shape index (κ3) is 3.51. The Balaban J connectivity index is 1.47. The minimum Gasteiger partial charge on any atom is -0.441 e. The molecule has 0 N–H and O–H groups in total. The zero-order chi connectivity index (χ0) is 18.8. The van der Waals surface area contributed by atoms with Crippen LogP contribution in [0.3, 0.4) is 0 Å². The zero-order valence-corrected chi connectivity index (χ0v) is 15.0. The number of rotatable bonds is 2. The van der Waals surface area contributed by atoms with Gasteiger partial charge in [-0.1, -0.05) is 0 Å². The van der Waals surface area contributed by atoms with E-state index in [9.17, 15) is 9.59 Å². The average molecular weight is 365 g/mol. The van der Waals surface area contributed by atoms with Crippen LogP contribution in [0.2, 0.25) is 0 Å². The highest BCUT2D eigenvalue weighted by Gasteiger charge is 2.24. The molecule has 3 aromatic rings. The molecule has 1 fully saturated rings. The van der Waals surface area contributed by atoms with Gasteiger partial charge in [-0.15, -0.1) is 0 Å². The lowest BCUT2D eigenvalue weighted by Crippen LogP contribution is -2.37. The van der Waals surface area contributed by atoms with Crippen LogP contribution in [-0.4, -0.2) is 62.7 Å². The van der Waals surface area contributed by atoms with Crippen LogP contribution in [0.1, 0.15) is 33.2 Å². The summed E-state index contributed by atoms with van der Waals surface area (Å²) in [7, 11) is 0. The van der Waals surface area contributed by atoms with Gasteiger partial charge in [0.05, 0.1) is 6.20 Å². The first-order valence-corrected chi connectivity index (χ1v) is 8.83. The molecule has 1 aromatic carbocycles. The highest BCUT2D eigenvalue weighted by Crippen LogP contribution is 2.18. The SMILES string of the molecule is Cc1nc2cc(C(=O)N3CCCN(C(=O)c4cnccn4)CC3)ccc2o1. The van der Waals surface area contributed by atoms with Crippen molar-refractivity contribution >= 4 is 22.9 Å². The van der Waals surface area contributed by atoms with E-state index in [2.05, 4.69) is 15.0 Å². The summed E-state index contributed by atoms with van der Waals surface area (Å²) in [5.41, 5.74) is 2.24. The Morgan fingerprint density at radius 1 is 1.04 bits per heavy atom. The highest BCUT2D eigenvalue weighted by atomic mass is 16.3. The molecule has 2 aromatic heterocycles. The molecule has 1 aliphatic rings. The second-order valence-corrected chi connectivity index (χ2v) is 6.44. The van der Waals surface area contributed by atoms with Gasteiger partial charge in [0.25, 0.3) is 11.8 Å². The summed E-state index contributed by atoms with van der Waals surface area (Å²) < 4.78 is 5.46. The summed E-state index contributed by atoms with van der Waals surface area (Å²) in [5.74, 6) is 0.353. The lowest BCUT2D eigenvalue weighted by molar-refractivity contribution is 0.0715.